The summed E-state index contributed by atoms with van der Waals surface area (Å²) in [7, 11) is 3.40. The van der Waals surface area contributed by atoms with Crippen molar-refractivity contribution in [3.05, 3.63) is 35.9 Å². The molecule has 0 aliphatic rings. The molecule has 114 valence electrons. The standard InChI is InChI=1S/C13H16ClN3O3S/c1-9(2)11-6-10(21(14,18)19)4-5-12(11)20-7-13-15-8-16-17(13)3/h4-6,8-9H,7H2,1-3H3. The second kappa shape index (κ2) is 6.03. The van der Waals surface area contributed by atoms with Crippen LogP contribution in [0.1, 0.15) is 31.2 Å². The maximum absolute atomic E-state index is 11.4. The summed E-state index contributed by atoms with van der Waals surface area (Å²) >= 11 is 0. The molecule has 0 spiro atoms. The molecule has 0 unspecified atom stereocenters. The van der Waals surface area contributed by atoms with E-state index in [0.29, 0.717) is 11.6 Å². The van der Waals surface area contributed by atoms with Crippen molar-refractivity contribution in [3.8, 4) is 5.75 Å². The Morgan fingerprint density at radius 1 is 1.38 bits per heavy atom. The summed E-state index contributed by atoms with van der Waals surface area (Å²) in [6, 6.07) is 4.58. The first-order chi connectivity index (χ1) is 9.79. The molecule has 0 aliphatic heterocycles. The van der Waals surface area contributed by atoms with E-state index in [1.54, 1.807) is 23.9 Å². The number of nitrogens with zero attached hydrogens (tertiary/aromatic N) is 3. The van der Waals surface area contributed by atoms with Crippen LogP contribution in [0.5, 0.6) is 5.75 Å². The molecular weight excluding hydrogens is 314 g/mol. The summed E-state index contributed by atoms with van der Waals surface area (Å²) in [6.07, 6.45) is 1.45. The Hall–Kier alpha value is -1.60. The van der Waals surface area contributed by atoms with E-state index in [0.717, 1.165) is 5.56 Å². The highest BCUT2D eigenvalue weighted by atomic mass is 35.7. The van der Waals surface area contributed by atoms with Crippen LogP contribution in [0.25, 0.3) is 0 Å². The maximum Gasteiger partial charge on any atom is 0.261 e. The fraction of sp³-hybridized carbons (Fsp3) is 0.385. The zero-order valence-corrected chi connectivity index (χ0v) is 13.5. The van der Waals surface area contributed by atoms with Crippen molar-refractivity contribution < 1.29 is 13.2 Å². The Kier molecular flexibility index (Phi) is 4.53. The molecule has 1 heterocycles. The molecule has 8 heteroatoms. The number of rotatable bonds is 5. The minimum Gasteiger partial charge on any atom is -0.485 e. The van der Waals surface area contributed by atoms with Crippen molar-refractivity contribution in [2.24, 2.45) is 7.05 Å². The lowest BCUT2D eigenvalue weighted by Gasteiger charge is -2.14. The highest BCUT2D eigenvalue weighted by Gasteiger charge is 2.16. The third-order valence-electron chi connectivity index (χ3n) is 3.05. The molecule has 0 saturated carbocycles. The van der Waals surface area contributed by atoms with Crippen LogP contribution in [0.3, 0.4) is 0 Å². The van der Waals surface area contributed by atoms with Gasteiger partial charge in [0.2, 0.25) is 0 Å². The summed E-state index contributed by atoms with van der Waals surface area (Å²) in [5, 5.41) is 3.96. The Bertz CT molecular complexity index is 741. The monoisotopic (exact) mass is 329 g/mol. The third kappa shape index (κ3) is 3.74. The van der Waals surface area contributed by atoms with Gasteiger partial charge >= 0.3 is 0 Å². The van der Waals surface area contributed by atoms with Gasteiger partial charge in [0.05, 0.1) is 4.90 Å². The number of aromatic nitrogens is 3. The number of ether oxygens (including phenoxy) is 1. The molecule has 0 atom stereocenters. The van der Waals surface area contributed by atoms with Gasteiger partial charge in [0, 0.05) is 17.7 Å². The van der Waals surface area contributed by atoms with Gasteiger partial charge in [0.15, 0.2) is 5.82 Å². The lowest BCUT2D eigenvalue weighted by atomic mass is 10.0. The lowest BCUT2D eigenvalue weighted by Crippen LogP contribution is -2.06. The molecule has 2 aromatic rings. The van der Waals surface area contributed by atoms with E-state index >= 15 is 0 Å². The number of halogens is 1. The predicted molar refractivity (Wildman–Crippen MR) is 78.9 cm³/mol. The molecule has 1 aromatic carbocycles. The molecule has 0 radical (unpaired) electrons. The van der Waals surface area contributed by atoms with Crippen LogP contribution >= 0.6 is 10.7 Å². The summed E-state index contributed by atoms with van der Waals surface area (Å²) in [6.45, 7) is 4.16. The van der Waals surface area contributed by atoms with Crippen molar-refractivity contribution >= 4 is 19.7 Å². The molecule has 0 aliphatic carbocycles. The Morgan fingerprint density at radius 3 is 2.62 bits per heavy atom. The summed E-state index contributed by atoms with van der Waals surface area (Å²) in [5.41, 5.74) is 0.777. The van der Waals surface area contributed by atoms with E-state index in [1.165, 1.54) is 12.4 Å². The summed E-state index contributed by atoms with van der Waals surface area (Å²) in [4.78, 5) is 4.14. The SMILES string of the molecule is CC(C)c1cc(S(=O)(=O)Cl)ccc1OCc1ncnn1C. The molecule has 0 N–H and O–H groups in total. The zero-order valence-electron chi connectivity index (χ0n) is 11.9. The molecule has 0 fully saturated rings. The second-order valence-corrected chi connectivity index (χ2v) is 7.45. The van der Waals surface area contributed by atoms with Gasteiger partial charge in [0.25, 0.3) is 9.05 Å². The second-order valence-electron chi connectivity index (χ2n) is 4.88. The third-order valence-corrected chi connectivity index (χ3v) is 4.40. The van der Waals surface area contributed by atoms with E-state index < -0.39 is 9.05 Å². The summed E-state index contributed by atoms with van der Waals surface area (Å²) in [5.74, 6) is 1.38. The largest absolute Gasteiger partial charge is 0.485 e. The van der Waals surface area contributed by atoms with Crippen LogP contribution in [-0.2, 0) is 22.7 Å². The lowest BCUT2D eigenvalue weighted by molar-refractivity contribution is 0.285. The highest BCUT2D eigenvalue weighted by molar-refractivity contribution is 8.13. The van der Waals surface area contributed by atoms with Crippen molar-refractivity contribution in [2.45, 2.75) is 31.3 Å². The van der Waals surface area contributed by atoms with Gasteiger partial charge in [-0.3, -0.25) is 4.68 Å². The van der Waals surface area contributed by atoms with Crippen LogP contribution in [0.4, 0.5) is 0 Å². The highest BCUT2D eigenvalue weighted by Crippen LogP contribution is 2.30. The minimum absolute atomic E-state index is 0.0684. The molecule has 21 heavy (non-hydrogen) atoms. The molecule has 2 rings (SSSR count). The van der Waals surface area contributed by atoms with Crippen LogP contribution in [0, 0.1) is 0 Å². The van der Waals surface area contributed by atoms with Crippen molar-refractivity contribution in [1.82, 2.24) is 14.8 Å². The van der Waals surface area contributed by atoms with Gasteiger partial charge in [-0.25, -0.2) is 13.4 Å². The number of hydrogen-bond acceptors (Lipinski definition) is 5. The summed E-state index contributed by atoms with van der Waals surface area (Å²) < 4.78 is 30.2. The van der Waals surface area contributed by atoms with Crippen LogP contribution in [-0.4, -0.2) is 23.2 Å². The van der Waals surface area contributed by atoms with E-state index in [-0.39, 0.29) is 17.4 Å². The smallest absolute Gasteiger partial charge is 0.261 e. The van der Waals surface area contributed by atoms with Gasteiger partial charge in [-0.15, -0.1) is 0 Å². The molecule has 0 saturated heterocycles. The normalized spacial score (nSPS) is 11.9. The first kappa shape index (κ1) is 15.8. The first-order valence-electron chi connectivity index (χ1n) is 6.33. The number of aryl methyl sites for hydroxylation is 1. The van der Waals surface area contributed by atoms with Crippen molar-refractivity contribution in [2.75, 3.05) is 0 Å². The number of hydrogen-bond donors (Lipinski definition) is 0. The van der Waals surface area contributed by atoms with Crippen molar-refractivity contribution in [1.29, 1.82) is 0 Å². The van der Waals surface area contributed by atoms with Crippen molar-refractivity contribution in [3.63, 3.8) is 0 Å². The maximum atomic E-state index is 11.4. The average molecular weight is 330 g/mol. The molecule has 0 amide bonds. The molecular formula is C13H16ClN3O3S. The predicted octanol–water partition coefficient (Wildman–Crippen LogP) is 2.45. The molecule has 1 aromatic heterocycles. The average Bonchev–Trinajstić information content (AvgIpc) is 2.80. The fourth-order valence-electron chi connectivity index (χ4n) is 1.85. The fourth-order valence-corrected chi connectivity index (χ4v) is 2.64. The Balaban J connectivity index is 2.29. The molecule has 6 nitrogen and oxygen atoms in total. The van der Waals surface area contributed by atoms with Gasteiger partial charge in [-0.1, -0.05) is 13.8 Å². The number of benzene rings is 1. The van der Waals surface area contributed by atoms with E-state index in [2.05, 4.69) is 10.1 Å². The van der Waals surface area contributed by atoms with Crippen LogP contribution < -0.4 is 4.74 Å². The quantitative estimate of drug-likeness (QED) is 0.788. The van der Waals surface area contributed by atoms with Gasteiger partial charge in [0.1, 0.15) is 18.7 Å². The van der Waals surface area contributed by atoms with Crippen LogP contribution in [0.15, 0.2) is 29.4 Å². The van der Waals surface area contributed by atoms with Gasteiger partial charge < -0.3 is 4.74 Å². The van der Waals surface area contributed by atoms with Gasteiger partial charge in [-0.05, 0) is 29.7 Å². The topological polar surface area (TPSA) is 74.1 Å². The Morgan fingerprint density at radius 2 is 2.10 bits per heavy atom. The van der Waals surface area contributed by atoms with E-state index in [9.17, 15) is 8.42 Å². The minimum atomic E-state index is -3.75. The zero-order chi connectivity index (χ0) is 15.6. The Labute approximate surface area is 128 Å². The van der Waals surface area contributed by atoms with Crippen LogP contribution in [0.2, 0.25) is 0 Å². The molecule has 0 bridgehead atoms. The van der Waals surface area contributed by atoms with E-state index in [4.69, 9.17) is 15.4 Å². The van der Waals surface area contributed by atoms with E-state index in [1.807, 2.05) is 13.8 Å². The first-order valence-corrected chi connectivity index (χ1v) is 8.64. The van der Waals surface area contributed by atoms with Gasteiger partial charge in [-0.2, -0.15) is 5.10 Å².